The van der Waals surface area contributed by atoms with Crippen molar-refractivity contribution in [2.24, 2.45) is 0 Å². The number of rotatable bonds is 17. The third kappa shape index (κ3) is 11.7. The van der Waals surface area contributed by atoms with Crippen LogP contribution < -0.4 is 0 Å². The monoisotopic (exact) mass is 391 g/mol. The van der Waals surface area contributed by atoms with Crippen molar-refractivity contribution in [3.05, 3.63) is 29.6 Å². The van der Waals surface area contributed by atoms with Gasteiger partial charge in [-0.3, -0.25) is 0 Å². The van der Waals surface area contributed by atoms with Gasteiger partial charge in [0.25, 0.3) is 0 Å². The summed E-state index contributed by atoms with van der Waals surface area (Å²) in [6, 6.07) is 4.33. The molecule has 0 atom stereocenters. The Morgan fingerprint density at radius 3 is 1.75 bits per heavy atom. The summed E-state index contributed by atoms with van der Waals surface area (Å²) in [7, 11) is 0. The van der Waals surface area contributed by atoms with Gasteiger partial charge in [0.2, 0.25) is 0 Å². The first kappa shape index (κ1) is 24.1. The molecule has 0 spiro atoms. The first-order valence-corrected chi connectivity index (χ1v) is 11.0. The van der Waals surface area contributed by atoms with Crippen LogP contribution in [0.25, 0.3) is 0 Å². The summed E-state index contributed by atoms with van der Waals surface area (Å²) in [4.78, 5) is 26.5. The number of carbonyl (C=O) groups is 2. The van der Waals surface area contributed by atoms with Crippen molar-refractivity contribution in [1.82, 2.24) is 4.98 Å². The minimum absolute atomic E-state index is 0.0465. The second kappa shape index (κ2) is 16.1. The summed E-state index contributed by atoms with van der Waals surface area (Å²) in [5.41, 5.74) is -0.101. The normalized spacial score (nSPS) is 10.8. The highest BCUT2D eigenvalue weighted by Crippen LogP contribution is 2.13. The number of hydrogen-bond acceptors (Lipinski definition) is 4. The maximum Gasteiger partial charge on any atom is 0.356 e. The molecule has 0 unspecified atom stereocenters. The average molecular weight is 392 g/mol. The quantitative estimate of drug-likeness (QED) is 0.245. The minimum Gasteiger partial charge on any atom is -0.477 e. The Morgan fingerprint density at radius 2 is 1.25 bits per heavy atom. The van der Waals surface area contributed by atoms with Crippen LogP contribution in [-0.2, 0) is 4.74 Å². The molecule has 0 aliphatic rings. The van der Waals surface area contributed by atoms with Gasteiger partial charge in [-0.2, -0.15) is 0 Å². The summed E-state index contributed by atoms with van der Waals surface area (Å²) in [6.45, 7) is 2.61. The highest BCUT2D eigenvalue weighted by atomic mass is 16.5. The van der Waals surface area contributed by atoms with Gasteiger partial charge in [-0.1, -0.05) is 96.5 Å². The topological polar surface area (TPSA) is 76.5 Å². The SMILES string of the molecule is CCCCCCCCCCCCCCCCOC(=O)c1cccc(C(=O)O)n1. The molecule has 1 aromatic heterocycles. The molecule has 0 saturated carbocycles. The molecule has 28 heavy (non-hydrogen) atoms. The van der Waals surface area contributed by atoms with Gasteiger partial charge in [-0.05, 0) is 18.6 Å². The number of carbonyl (C=O) groups excluding carboxylic acids is 1. The number of carboxylic acid groups (broad SMARTS) is 1. The molecule has 0 bridgehead atoms. The zero-order valence-electron chi connectivity index (χ0n) is 17.5. The van der Waals surface area contributed by atoms with Crippen LogP contribution in [-0.4, -0.2) is 28.6 Å². The van der Waals surface area contributed by atoms with E-state index in [1.54, 1.807) is 0 Å². The van der Waals surface area contributed by atoms with Gasteiger partial charge >= 0.3 is 11.9 Å². The Morgan fingerprint density at radius 1 is 0.786 bits per heavy atom. The summed E-state index contributed by atoms with van der Waals surface area (Å²) >= 11 is 0. The zero-order valence-corrected chi connectivity index (χ0v) is 17.5. The van der Waals surface area contributed by atoms with Crippen molar-refractivity contribution in [2.75, 3.05) is 6.61 Å². The lowest BCUT2D eigenvalue weighted by Gasteiger charge is -2.05. The van der Waals surface area contributed by atoms with Crippen LogP contribution in [0, 0.1) is 0 Å². The number of aromatic carboxylic acids is 1. The van der Waals surface area contributed by atoms with Crippen molar-refractivity contribution in [2.45, 2.75) is 96.8 Å². The van der Waals surface area contributed by atoms with Gasteiger partial charge in [0.05, 0.1) is 6.61 Å². The summed E-state index contributed by atoms with van der Waals surface area (Å²) in [6.07, 6.45) is 17.9. The fourth-order valence-electron chi connectivity index (χ4n) is 3.20. The number of ether oxygens (including phenoxy) is 1. The van der Waals surface area contributed by atoms with Crippen molar-refractivity contribution in [3.63, 3.8) is 0 Å². The lowest BCUT2D eigenvalue weighted by atomic mass is 10.0. The fraction of sp³-hybridized carbons (Fsp3) is 0.696. The highest BCUT2D eigenvalue weighted by Gasteiger charge is 2.12. The Balaban J connectivity index is 1.92. The van der Waals surface area contributed by atoms with E-state index >= 15 is 0 Å². The standard InChI is InChI=1S/C23H37NO4/c1-2-3-4-5-6-7-8-9-10-11-12-13-14-15-19-28-23(27)21-18-16-17-20(24-21)22(25)26/h16-18H,2-15,19H2,1H3,(H,25,26). The summed E-state index contributed by atoms with van der Waals surface area (Å²) < 4.78 is 5.18. The van der Waals surface area contributed by atoms with E-state index in [4.69, 9.17) is 9.84 Å². The molecule has 5 heteroatoms. The van der Waals surface area contributed by atoms with Crippen molar-refractivity contribution >= 4 is 11.9 Å². The average Bonchev–Trinajstić information content (AvgIpc) is 2.70. The van der Waals surface area contributed by atoms with Crippen molar-refractivity contribution in [3.8, 4) is 0 Å². The van der Waals surface area contributed by atoms with E-state index in [1.165, 1.54) is 95.2 Å². The Hall–Kier alpha value is -1.91. The van der Waals surface area contributed by atoms with Crippen LogP contribution in [0.4, 0.5) is 0 Å². The fourth-order valence-corrected chi connectivity index (χ4v) is 3.20. The van der Waals surface area contributed by atoms with Gasteiger partial charge in [-0.15, -0.1) is 0 Å². The molecule has 5 nitrogen and oxygen atoms in total. The first-order valence-electron chi connectivity index (χ1n) is 11.0. The zero-order chi connectivity index (χ0) is 20.5. The van der Waals surface area contributed by atoms with E-state index in [0.29, 0.717) is 6.61 Å². The van der Waals surface area contributed by atoms with Gasteiger partial charge < -0.3 is 9.84 Å². The Bertz CT molecular complexity index is 559. The second-order valence-electron chi connectivity index (χ2n) is 7.45. The third-order valence-corrected chi connectivity index (χ3v) is 4.91. The molecule has 0 saturated heterocycles. The van der Waals surface area contributed by atoms with E-state index in [2.05, 4.69) is 11.9 Å². The summed E-state index contributed by atoms with van der Waals surface area (Å²) in [5.74, 6) is -1.71. The lowest BCUT2D eigenvalue weighted by molar-refractivity contribution is 0.0490. The molecule has 0 aromatic carbocycles. The molecule has 0 fully saturated rings. The molecule has 158 valence electrons. The van der Waals surface area contributed by atoms with Gasteiger partial charge in [-0.25, -0.2) is 14.6 Å². The highest BCUT2D eigenvalue weighted by molar-refractivity contribution is 5.90. The van der Waals surface area contributed by atoms with Gasteiger partial charge in [0, 0.05) is 0 Å². The molecule has 0 aliphatic carbocycles. The number of unbranched alkanes of at least 4 members (excludes halogenated alkanes) is 13. The molecule has 1 N–H and O–H groups in total. The predicted octanol–water partition coefficient (Wildman–Crippen LogP) is 6.42. The second-order valence-corrected chi connectivity index (χ2v) is 7.45. The van der Waals surface area contributed by atoms with Crippen LogP contribution in [0.15, 0.2) is 18.2 Å². The van der Waals surface area contributed by atoms with Gasteiger partial charge in [0.15, 0.2) is 0 Å². The van der Waals surface area contributed by atoms with Crippen LogP contribution in [0.1, 0.15) is 118 Å². The molecule has 1 heterocycles. The number of nitrogens with zero attached hydrogens (tertiary/aromatic N) is 1. The largest absolute Gasteiger partial charge is 0.477 e. The van der Waals surface area contributed by atoms with E-state index in [9.17, 15) is 9.59 Å². The van der Waals surface area contributed by atoms with E-state index in [1.807, 2.05) is 0 Å². The third-order valence-electron chi connectivity index (χ3n) is 4.91. The van der Waals surface area contributed by atoms with Crippen molar-refractivity contribution in [1.29, 1.82) is 0 Å². The van der Waals surface area contributed by atoms with E-state index in [0.717, 1.165) is 12.8 Å². The number of carboxylic acids is 1. The van der Waals surface area contributed by atoms with Crippen molar-refractivity contribution < 1.29 is 19.4 Å². The number of esters is 1. The number of hydrogen-bond donors (Lipinski definition) is 1. The molecule has 0 aliphatic heterocycles. The Labute approximate surface area is 169 Å². The molecular weight excluding hydrogens is 354 g/mol. The maximum atomic E-state index is 11.9. The minimum atomic E-state index is -1.15. The van der Waals surface area contributed by atoms with Crippen LogP contribution >= 0.6 is 0 Å². The van der Waals surface area contributed by atoms with Crippen LogP contribution in [0.3, 0.4) is 0 Å². The van der Waals surface area contributed by atoms with E-state index < -0.39 is 11.9 Å². The Kier molecular flexibility index (Phi) is 13.9. The molecule has 0 amide bonds. The lowest BCUT2D eigenvalue weighted by Crippen LogP contribution is -2.11. The van der Waals surface area contributed by atoms with Crippen LogP contribution in [0.5, 0.6) is 0 Å². The maximum absolute atomic E-state index is 11.9. The summed E-state index contributed by atoms with van der Waals surface area (Å²) in [5, 5.41) is 8.89. The smallest absolute Gasteiger partial charge is 0.356 e. The van der Waals surface area contributed by atoms with Gasteiger partial charge in [0.1, 0.15) is 11.4 Å². The van der Waals surface area contributed by atoms with Crippen LogP contribution in [0.2, 0.25) is 0 Å². The first-order chi connectivity index (χ1) is 13.6. The molecule has 1 rings (SSSR count). The predicted molar refractivity (Wildman–Crippen MR) is 112 cm³/mol. The molecular formula is C23H37NO4. The number of pyridine rings is 1. The molecule has 1 aromatic rings. The number of aromatic nitrogens is 1. The molecule has 0 radical (unpaired) electrons. The van der Waals surface area contributed by atoms with E-state index in [-0.39, 0.29) is 11.4 Å².